The van der Waals surface area contributed by atoms with Crippen molar-refractivity contribution in [3.63, 3.8) is 0 Å². The maximum Gasteiger partial charge on any atom is 0.293 e. The van der Waals surface area contributed by atoms with Crippen molar-refractivity contribution in [3.8, 4) is 0 Å². The van der Waals surface area contributed by atoms with Gasteiger partial charge in [0.2, 0.25) is 0 Å². The van der Waals surface area contributed by atoms with Gasteiger partial charge in [0, 0.05) is 44.1 Å². The lowest BCUT2D eigenvalue weighted by molar-refractivity contribution is 0.0933. The van der Waals surface area contributed by atoms with Crippen molar-refractivity contribution in [2.24, 2.45) is 7.05 Å². The van der Waals surface area contributed by atoms with Crippen LogP contribution in [0, 0.1) is 0 Å². The molecule has 0 aliphatic carbocycles. The lowest BCUT2D eigenvalue weighted by Gasteiger charge is -2.33. The van der Waals surface area contributed by atoms with E-state index in [4.69, 9.17) is 0 Å². The fourth-order valence-electron chi connectivity index (χ4n) is 3.33. The van der Waals surface area contributed by atoms with Crippen molar-refractivity contribution >= 4 is 22.8 Å². The zero-order valence-electron chi connectivity index (χ0n) is 14.5. The molecule has 2 aromatic heterocycles. The molecule has 0 saturated carbocycles. The second-order valence-electron chi connectivity index (χ2n) is 6.56. The molecule has 0 unspecified atom stereocenters. The monoisotopic (exact) mass is 352 g/mol. The second kappa shape index (κ2) is 6.62. The average molecular weight is 352 g/mol. The number of amides is 1. The molecule has 4 rings (SSSR count). The summed E-state index contributed by atoms with van der Waals surface area (Å²) in [6.45, 7) is 1.34. The molecule has 1 aromatic carbocycles. The first-order valence-corrected chi connectivity index (χ1v) is 8.62. The number of aryl methyl sites for hydroxylation is 1. The number of benzene rings is 1. The number of carbonyl (C=O) groups is 1. The zero-order chi connectivity index (χ0) is 18.1. The molecule has 3 aromatic rings. The van der Waals surface area contributed by atoms with Gasteiger partial charge in [-0.1, -0.05) is 0 Å². The molecule has 1 saturated heterocycles. The van der Waals surface area contributed by atoms with E-state index in [1.54, 1.807) is 37.9 Å². The number of rotatable bonds is 3. The smallest absolute Gasteiger partial charge is 0.293 e. The fourth-order valence-corrected chi connectivity index (χ4v) is 3.33. The van der Waals surface area contributed by atoms with Crippen LogP contribution >= 0.6 is 0 Å². The highest BCUT2D eigenvalue weighted by Crippen LogP contribution is 2.16. The second-order valence-corrected chi connectivity index (χ2v) is 6.56. The summed E-state index contributed by atoms with van der Waals surface area (Å²) >= 11 is 0. The topological polar surface area (TPSA) is 95.9 Å². The third-order valence-electron chi connectivity index (χ3n) is 4.74. The van der Waals surface area contributed by atoms with E-state index in [1.807, 2.05) is 11.0 Å². The predicted molar refractivity (Wildman–Crippen MR) is 98.3 cm³/mol. The molecular weight excluding hydrogens is 332 g/mol. The van der Waals surface area contributed by atoms with Gasteiger partial charge in [0.15, 0.2) is 5.82 Å². The SMILES string of the molecule is Cn1ccnc(N2CCC[C@H](NC(=O)c3ccc4nc[nH]c4c3)C2)c1=O. The molecule has 1 fully saturated rings. The number of hydrogen-bond donors (Lipinski definition) is 2. The third-order valence-corrected chi connectivity index (χ3v) is 4.74. The van der Waals surface area contributed by atoms with Gasteiger partial charge in [0.05, 0.1) is 17.4 Å². The minimum atomic E-state index is -0.123. The van der Waals surface area contributed by atoms with Gasteiger partial charge < -0.3 is 19.8 Å². The third kappa shape index (κ3) is 3.05. The number of nitrogens with zero attached hydrogens (tertiary/aromatic N) is 4. The van der Waals surface area contributed by atoms with Crippen molar-refractivity contribution in [2.45, 2.75) is 18.9 Å². The number of fused-ring (bicyclic) bond motifs is 1. The van der Waals surface area contributed by atoms with Crippen LogP contribution in [0.4, 0.5) is 5.82 Å². The van der Waals surface area contributed by atoms with Crippen LogP contribution in [0.5, 0.6) is 0 Å². The molecule has 26 heavy (non-hydrogen) atoms. The van der Waals surface area contributed by atoms with Gasteiger partial charge >= 0.3 is 0 Å². The van der Waals surface area contributed by atoms with E-state index in [9.17, 15) is 9.59 Å². The summed E-state index contributed by atoms with van der Waals surface area (Å²) in [5.41, 5.74) is 2.13. The van der Waals surface area contributed by atoms with E-state index in [0.717, 1.165) is 30.4 Å². The Hall–Kier alpha value is -3.16. The maximum absolute atomic E-state index is 12.6. The largest absolute Gasteiger partial charge is 0.350 e. The Labute approximate surface area is 149 Å². The molecule has 0 radical (unpaired) electrons. The first-order valence-electron chi connectivity index (χ1n) is 8.62. The first kappa shape index (κ1) is 16.3. The van der Waals surface area contributed by atoms with E-state index in [0.29, 0.717) is 17.9 Å². The summed E-state index contributed by atoms with van der Waals surface area (Å²) in [7, 11) is 1.71. The van der Waals surface area contributed by atoms with Gasteiger partial charge in [0.25, 0.3) is 11.5 Å². The lowest BCUT2D eigenvalue weighted by atomic mass is 10.0. The van der Waals surface area contributed by atoms with Crippen LogP contribution in [0.3, 0.4) is 0 Å². The molecule has 0 bridgehead atoms. The molecule has 2 N–H and O–H groups in total. The van der Waals surface area contributed by atoms with Crippen molar-refractivity contribution in [1.29, 1.82) is 0 Å². The van der Waals surface area contributed by atoms with Crippen molar-refractivity contribution in [2.75, 3.05) is 18.0 Å². The Bertz CT molecular complexity index is 1010. The van der Waals surface area contributed by atoms with E-state index < -0.39 is 0 Å². The molecule has 1 atom stereocenters. The zero-order valence-corrected chi connectivity index (χ0v) is 14.5. The molecule has 8 nitrogen and oxygen atoms in total. The Kier molecular flexibility index (Phi) is 4.16. The Morgan fingerprint density at radius 1 is 1.35 bits per heavy atom. The molecule has 1 aliphatic rings. The number of imidazole rings is 1. The molecule has 1 amide bonds. The lowest BCUT2D eigenvalue weighted by Crippen LogP contribution is -2.49. The van der Waals surface area contributed by atoms with Gasteiger partial charge in [-0.15, -0.1) is 0 Å². The molecule has 8 heteroatoms. The summed E-state index contributed by atoms with van der Waals surface area (Å²) in [6.07, 6.45) is 6.64. The Morgan fingerprint density at radius 2 is 2.23 bits per heavy atom. The van der Waals surface area contributed by atoms with Crippen LogP contribution in [0.1, 0.15) is 23.2 Å². The predicted octanol–water partition coefficient (Wildman–Crippen LogP) is 1.06. The van der Waals surface area contributed by atoms with Crippen LogP contribution < -0.4 is 15.8 Å². The standard InChI is InChI=1S/C18H20N6O2/c1-23-8-6-19-16(18(23)26)24-7-2-3-13(10-24)22-17(25)12-4-5-14-15(9-12)21-11-20-14/h4-6,8-9,11,13H,2-3,7,10H2,1H3,(H,20,21)(H,22,25)/t13-/m0/s1. The summed E-state index contributed by atoms with van der Waals surface area (Å²) < 4.78 is 1.52. The van der Waals surface area contributed by atoms with Crippen molar-refractivity contribution in [3.05, 3.63) is 52.8 Å². The number of nitrogens with one attached hydrogen (secondary N) is 2. The van der Waals surface area contributed by atoms with E-state index in [-0.39, 0.29) is 17.5 Å². The Morgan fingerprint density at radius 3 is 3.12 bits per heavy atom. The van der Waals surface area contributed by atoms with Crippen LogP contribution in [-0.2, 0) is 7.05 Å². The van der Waals surface area contributed by atoms with Crippen LogP contribution in [0.25, 0.3) is 11.0 Å². The van der Waals surface area contributed by atoms with Gasteiger partial charge in [-0.2, -0.15) is 0 Å². The number of H-pyrrole nitrogens is 1. The number of hydrogen-bond acceptors (Lipinski definition) is 5. The number of anilines is 1. The minimum absolute atomic E-state index is 0.0274. The minimum Gasteiger partial charge on any atom is -0.350 e. The van der Waals surface area contributed by atoms with Crippen molar-refractivity contribution in [1.82, 2.24) is 24.8 Å². The first-order chi connectivity index (χ1) is 12.6. The number of aromatic amines is 1. The average Bonchev–Trinajstić information content (AvgIpc) is 3.12. The van der Waals surface area contributed by atoms with Crippen LogP contribution in [0.2, 0.25) is 0 Å². The normalized spacial score (nSPS) is 17.4. The van der Waals surface area contributed by atoms with E-state index in [2.05, 4.69) is 20.3 Å². The Balaban J connectivity index is 1.48. The van der Waals surface area contributed by atoms with Crippen LogP contribution in [0.15, 0.2) is 41.7 Å². The molecule has 134 valence electrons. The summed E-state index contributed by atoms with van der Waals surface area (Å²) in [4.78, 5) is 38.2. The highest BCUT2D eigenvalue weighted by atomic mass is 16.2. The molecule has 0 spiro atoms. The number of carbonyl (C=O) groups excluding carboxylic acids is 1. The highest BCUT2D eigenvalue weighted by molar-refractivity contribution is 5.97. The summed E-state index contributed by atoms with van der Waals surface area (Å²) in [5, 5.41) is 3.07. The van der Waals surface area contributed by atoms with E-state index >= 15 is 0 Å². The highest BCUT2D eigenvalue weighted by Gasteiger charge is 2.24. The number of aromatic nitrogens is 4. The van der Waals surface area contributed by atoms with Gasteiger partial charge in [0.1, 0.15) is 0 Å². The van der Waals surface area contributed by atoms with Gasteiger partial charge in [-0.05, 0) is 31.0 Å². The molecular formula is C18H20N6O2. The number of piperidine rings is 1. The summed E-state index contributed by atoms with van der Waals surface area (Å²) in [6, 6.07) is 5.37. The van der Waals surface area contributed by atoms with E-state index in [1.165, 1.54) is 4.57 Å². The maximum atomic E-state index is 12.6. The molecule has 1 aliphatic heterocycles. The fraction of sp³-hybridized carbons (Fsp3) is 0.333. The van der Waals surface area contributed by atoms with Gasteiger partial charge in [-0.25, -0.2) is 9.97 Å². The quantitative estimate of drug-likeness (QED) is 0.735. The molecule has 3 heterocycles. The van der Waals surface area contributed by atoms with Crippen LogP contribution in [-0.4, -0.2) is 44.6 Å². The van der Waals surface area contributed by atoms with Crippen molar-refractivity contribution < 1.29 is 4.79 Å². The summed E-state index contributed by atoms with van der Waals surface area (Å²) in [5.74, 6) is 0.315. The van der Waals surface area contributed by atoms with Gasteiger partial charge in [-0.3, -0.25) is 9.59 Å².